The second-order valence-corrected chi connectivity index (χ2v) is 10.3. The Labute approximate surface area is 199 Å². The van der Waals surface area contributed by atoms with Crippen molar-refractivity contribution in [3.05, 3.63) is 47.8 Å². The number of nitrogens with one attached hydrogen (secondary N) is 3. The Morgan fingerprint density at radius 3 is 2.74 bits per heavy atom. The number of piperidine rings is 2. The smallest absolute Gasteiger partial charge is 0.155 e. The summed E-state index contributed by atoms with van der Waals surface area (Å²) in [6.07, 6.45) is 6.06. The Morgan fingerprint density at radius 1 is 1.09 bits per heavy atom. The Bertz CT molecular complexity index is 1300. The van der Waals surface area contributed by atoms with Crippen LogP contribution in [0.5, 0.6) is 0 Å². The normalized spacial score (nSPS) is 22.8. The molecule has 0 saturated carbocycles. The number of aromatic amines is 2. The highest BCUT2D eigenvalue weighted by Gasteiger charge is 2.33. The van der Waals surface area contributed by atoms with Gasteiger partial charge in [-0.2, -0.15) is 5.10 Å². The van der Waals surface area contributed by atoms with Crippen LogP contribution in [0.1, 0.15) is 56.1 Å². The van der Waals surface area contributed by atoms with E-state index in [-0.39, 0.29) is 6.04 Å². The van der Waals surface area contributed by atoms with E-state index in [0.717, 1.165) is 61.2 Å². The lowest BCUT2D eigenvalue weighted by Crippen LogP contribution is -2.53. The van der Waals surface area contributed by atoms with Crippen molar-refractivity contribution < 1.29 is 4.39 Å². The van der Waals surface area contributed by atoms with Crippen molar-refractivity contribution in [1.82, 2.24) is 30.4 Å². The van der Waals surface area contributed by atoms with Gasteiger partial charge in [0.05, 0.1) is 11.9 Å². The van der Waals surface area contributed by atoms with E-state index < -0.39 is 6.17 Å². The van der Waals surface area contributed by atoms with Gasteiger partial charge in [-0.3, -0.25) is 10.00 Å². The first kappa shape index (κ1) is 21.7. The SMILES string of the molecule is CC(C)c1c(-c2ccnc3[nH]ncc23)[nH]c2ccc(C3CCN(C4CCNCC4F)CC3)cc12. The highest BCUT2D eigenvalue weighted by Crippen LogP contribution is 2.40. The van der Waals surface area contributed by atoms with Crippen molar-refractivity contribution in [3.63, 3.8) is 0 Å². The van der Waals surface area contributed by atoms with Crippen LogP contribution in [0.2, 0.25) is 0 Å². The lowest BCUT2D eigenvalue weighted by atomic mass is 9.86. The van der Waals surface area contributed by atoms with Gasteiger partial charge in [0.2, 0.25) is 0 Å². The van der Waals surface area contributed by atoms with Gasteiger partial charge in [-0.15, -0.1) is 0 Å². The average molecular weight is 461 g/mol. The van der Waals surface area contributed by atoms with Crippen LogP contribution in [0.25, 0.3) is 33.2 Å². The zero-order valence-corrected chi connectivity index (χ0v) is 19.9. The van der Waals surface area contributed by atoms with Crippen LogP contribution in [-0.4, -0.2) is 63.5 Å². The molecular formula is C27H33FN6. The summed E-state index contributed by atoms with van der Waals surface area (Å²) in [5.74, 6) is 0.901. The van der Waals surface area contributed by atoms with E-state index in [1.54, 1.807) is 0 Å². The fourth-order valence-corrected chi connectivity index (χ4v) is 6.15. The first-order valence-corrected chi connectivity index (χ1v) is 12.6. The van der Waals surface area contributed by atoms with Gasteiger partial charge in [-0.05, 0) is 80.1 Å². The summed E-state index contributed by atoms with van der Waals surface area (Å²) in [7, 11) is 0. The van der Waals surface area contributed by atoms with Crippen molar-refractivity contribution >= 4 is 21.9 Å². The summed E-state index contributed by atoms with van der Waals surface area (Å²) < 4.78 is 14.4. The largest absolute Gasteiger partial charge is 0.354 e. The molecule has 6 rings (SSSR count). The van der Waals surface area contributed by atoms with Gasteiger partial charge in [0, 0.05) is 40.6 Å². The van der Waals surface area contributed by atoms with Crippen molar-refractivity contribution in [2.75, 3.05) is 26.2 Å². The summed E-state index contributed by atoms with van der Waals surface area (Å²) in [5.41, 5.74) is 7.02. The molecule has 4 aromatic rings. The molecule has 2 fully saturated rings. The Balaban J connectivity index is 1.31. The maximum Gasteiger partial charge on any atom is 0.155 e. The number of H-pyrrole nitrogens is 2. The van der Waals surface area contributed by atoms with E-state index in [9.17, 15) is 4.39 Å². The van der Waals surface area contributed by atoms with Gasteiger partial charge in [-0.25, -0.2) is 9.37 Å². The number of fused-ring (bicyclic) bond motifs is 2. The van der Waals surface area contributed by atoms with Crippen LogP contribution >= 0.6 is 0 Å². The Kier molecular flexibility index (Phi) is 5.62. The third kappa shape index (κ3) is 3.71. The maximum atomic E-state index is 14.4. The number of benzene rings is 1. The molecule has 7 heteroatoms. The second kappa shape index (κ2) is 8.78. The van der Waals surface area contributed by atoms with Gasteiger partial charge in [0.15, 0.2) is 5.65 Å². The van der Waals surface area contributed by atoms with Crippen LogP contribution in [0.15, 0.2) is 36.7 Å². The first-order valence-electron chi connectivity index (χ1n) is 12.6. The highest BCUT2D eigenvalue weighted by molar-refractivity contribution is 5.98. The van der Waals surface area contributed by atoms with Crippen LogP contribution < -0.4 is 5.32 Å². The molecule has 0 radical (unpaired) electrons. The van der Waals surface area contributed by atoms with E-state index >= 15 is 0 Å². The minimum absolute atomic E-state index is 0.0876. The van der Waals surface area contributed by atoms with Crippen molar-refractivity contribution in [3.8, 4) is 11.3 Å². The molecule has 0 spiro atoms. The first-order chi connectivity index (χ1) is 16.6. The Morgan fingerprint density at radius 2 is 1.94 bits per heavy atom. The fraction of sp³-hybridized carbons (Fsp3) is 0.481. The van der Waals surface area contributed by atoms with Gasteiger partial charge < -0.3 is 10.3 Å². The molecule has 2 atom stereocenters. The number of likely N-dealkylation sites (tertiary alicyclic amines) is 1. The monoisotopic (exact) mass is 460 g/mol. The van der Waals surface area contributed by atoms with Crippen LogP contribution in [0.4, 0.5) is 4.39 Å². The molecule has 0 bridgehead atoms. The topological polar surface area (TPSA) is 72.6 Å². The van der Waals surface area contributed by atoms with Crippen LogP contribution in [-0.2, 0) is 0 Å². The molecule has 0 aliphatic carbocycles. The van der Waals surface area contributed by atoms with Gasteiger partial charge >= 0.3 is 0 Å². The number of rotatable bonds is 4. The molecule has 5 heterocycles. The second-order valence-electron chi connectivity index (χ2n) is 10.3. The van der Waals surface area contributed by atoms with E-state index in [1.165, 1.54) is 22.0 Å². The molecule has 2 aliphatic rings. The third-order valence-corrected chi connectivity index (χ3v) is 7.91. The van der Waals surface area contributed by atoms with Gasteiger partial charge in [0.1, 0.15) is 6.17 Å². The highest BCUT2D eigenvalue weighted by atomic mass is 19.1. The molecule has 3 aromatic heterocycles. The number of hydrogen-bond donors (Lipinski definition) is 3. The van der Waals surface area contributed by atoms with E-state index in [0.29, 0.717) is 18.4 Å². The number of hydrogen-bond acceptors (Lipinski definition) is 4. The number of pyridine rings is 1. The maximum absolute atomic E-state index is 14.4. The summed E-state index contributed by atoms with van der Waals surface area (Å²) in [4.78, 5) is 10.5. The van der Waals surface area contributed by atoms with Gasteiger partial charge in [-0.1, -0.05) is 19.9 Å². The summed E-state index contributed by atoms with van der Waals surface area (Å²) >= 11 is 0. The molecular weight excluding hydrogens is 427 g/mol. The average Bonchev–Trinajstić information content (AvgIpc) is 3.49. The molecule has 178 valence electrons. The molecule has 3 N–H and O–H groups in total. The quantitative estimate of drug-likeness (QED) is 0.396. The van der Waals surface area contributed by atoms with Crippen molar-refractivity contribution in [2.24, 2.45) is 0 Å². The molecule has 2 saturated heterocycles. The van der Waals surface area contributed by atoms with Crippen molar-refractivity contribution in [2.45, 2.75) is 57.2 Å². The molecule has 2 unspecified atom stereocenters. The summed E-state index contributed by atoms with van der Waals surface area (Å²) in [5, 5.41) is 12.7. The number of nitrogens with zero attached hydrogens (tertiary/aromatic N) is 3. The minimum Gasteiger partial charge on any atom is -0.354 e. The number of aromatic nitrogens is 4. The molecule has 1 aromatic carbocycles. The molecule has 34 heavy (non-hydrogen) atoms. The van der Waals surface area contributed by atoms with E-state index in [2.05, 4.69) is 68.5 Å². The third-order valence-electron chi connectivity index (χ3n) is 7.91. The molecule has 6 nitrogen and oxygen atoms in total. The zero-order valence-electron chi connectivity index (χ0n) is 19.9. The summed E-state index contributed by atoms with van der Waals surface area (Å²) in [6, 6.07) is 9.09. The predicted octanol–water partition coefficient (Wildman–Crippen LogP) is 5.11. The van der Waals surface area contributed by atoms with Crippen molar-refractivity contribution in [1.29, 1.82) is 0 Å². The van der Waals surface area contributed by atoms with E-state index in [4.69, 9.17) is 0 Å². The molecule has 2 aliphatic heterocycles. The van der Waals surface area contributed by atoms with Crippen LogP contribution in [0, 0.1) is 0 Å². The number of halogens is 1. The lowest BCUT2D eigenvalue weighted by Gasteiger charge is -2.41. The zero-order chi connectivity index (χ0) is 23.2. The summed E-state index contributed by atoms with van der Waals surface area (Å²) in [6.45, 7) is 7.92. The minimum atomic E-state index is -0.747. The molecule has 0 amide bonds. The standard InChI is InChI=1S/C27H33FN6/c1-16(2)25-20-13-18(17-7-11-34(12-8-17)24-6-9-29-15-22(24)28)3-4-23(20)32-26(25)19-5-10-30-27-21(19)14-31-33-27/h3-5,10,13-14,16-17,22,24,29,32H,6-9,11-12,15H2,1-2H3,(H,30,31,33). The van der Waals surface area contributed by atoms with Gasteiger partial charge in [0.25, 0.3) is 0 Å². The predicted molar refractivity (Wildman–Crippen MR) is 135 cm³/mol. The Hall–Kier alpha value is -2.77. The van der Waals surface area contributed by atoms with E-state index in [1.807, 2.05) is 12.4 Å². The number of alkyl halides is 1. The van der Waals surface area contributed by atoms with Crippen LogP contribution in [0.3, 0.4) is 0 Å². The fourth-order valence-electron chi connectivity index (χ4n) is 6.15. The lowest BCUT2D eigenvalue weighted by molar-refractivity contribution is 0.0646.